The van der Waals surface area contributed by atoms with Crippen molar-refractivity contribution in [1.29, 1.82) is 0 Å². The lowest BCUT2D eigenvalue weighted by Gasteiger charge is -2.10. The van der Waals surface area contributed by atoms with Gasteiger partial charge in [-0.15, -0.1) is 0 Å². The molecule has 0 heterocycles. The summed E-state index contributed by atoms with van der Waals surface area (Å²) in [5.41, 5.74) is 2.50. The van der Waals surface area contributed by atoms with Crippen LogP contribution in [-0.2, 0) is 0 Å². The Morgan fingerprint density at radius 3 is 2.31 bits per heavy atom. The Labute approximate surface area is 83.0 Å². The van der Waals surface area contributed by atoms with Crippen LogP contribution in [0, 0.1) is 5.92 Å². The second-order valence-electron chi connectivity index (χ2n) is 3.55. The fraction of sp³-hybridized carbons (Fsp3) is 0.750. The van der Waals surface area contributed by atoms with E-state index in [0.717, 1.165) is 12.8 Å². The van der Waals surface area contributed by atoms with Crippen molar-refractivity contribution in [2.75, 3.05) is 0 Å². The van der Waals surface area contributed by atoms with E-state index in [9.17, 15) is 0 Å². The van der Waals surface area contributed by atoms with Crippen molar-refractivity contribution in [2.24, 2.45) is 10.9 Å². The highest BCUT2D eigenvalue weighted by Gasteiger charge is 2.04. The standard InChI is InChI=1S/C12H23N/c1-6-9-12(10(4)7-2)13-11(5)8-3/h9-10H,6-8H2,1-5H3/b12-9-,13-11-. The van der Waals surface area contributed by atoms with Crippen LogP contribution in [0.2, 0.25) is 0 Å². The van der Waals surface area contributed by atoms with Crippen LogP contribution in [0.15, 0.2) is 16.8 Å². The summed E-state index contributed by atoms with van der Waals surface area (Å²) in [6, 6.07) is 0. The van der Waals surface area contributed by atoms with E-state index in [2.05, 4.69) is 45.7 Å². The van der Waals surface area contributed by atoms with Crippen LogP contribution in [-0.4, -0.2) is 5.71 Å². The SMILES string of the molecule is CC/C=C(\N=C(\C)CC)C(C)CC. The molecule has 0 aromatic carbocycles. The third-order valence-corrected chi connectivity index (χ3v) is 2.36. The summed E-state index contributed by atoms with van der Waals surface area (Å²) < 4.78 is 0. The quantitative estimate of drug-likeness (QED) is 0.564. The molecule has 1 nitrogen and oxygen atoms in total. The zero-order valence-electron chi connectivity index (χ0n) is 9.72. The van der Waals surface area contributed by atoms with Gasteiger partial charge >= 0.3 is 0 Å². The van der Waals surface area contributed by atoms with Gasteiger partial charge in [0.05, 0.1) is 0 Å². The number of rotatable bonds is 5. The van der Waals surface area contributed by atoms with Crippen molar-refractivity contribution in [2.45, 2.75) is 53.9 Å². The van der Waals surface area contributed by atoms with Gasteiger partial charge in [-0.3, -0.25) is 4.99 Å². The molecule has 76 valence electrons. The summed E-state index contributed by atoms with van der Waals surface area (Å²) in [6.45, 7) is 10.9. The van der Waals surface area contributed by atoms with Crippen molar-refractivity contribution in [1.82, 2.24) is 0 Å². The molecule has 13 heavy (non-hydrogen) atoms. The highest BCUT2D eigenvalue weighted by Crippen LogP contribution is 2.16. The third-order valence-electron chi connectivity index (χ3n) is 2.36. The summed E-state index contributed by atoms with van der Waals surface area (Å²) >= 11 is 0. The van der Waals surface area contributed by atoms with Crippen LogP contribution >= 0.6 is 0 Å². The summed E-state index contributed by atoms with van der Waals surface area (Å²) in [6.07, 6.45) is 5.55. The average Bonchev–Trinajstić information content (AvgIpc) is 2.15. The minimum atomic E-state index is 0.599. The Balaban J connectivity index is 4.53. The minimum Gasteiger partial charge on any atom is -0.263 e. The summed E-state index contributed by atoms with van der Waals surface area (Å²) in [7, 11) is 0. The number of aliphatic imine (C=N–C) groups is 1. The Kier molecular flexibility index (Phi) is 6.56. The Hall–Kier alpha value is -0.590. The first-order valence-corrected chi connectivity index (χ1v) is 5.39. The second kappa shape index (κ2) is 6.88. The molecule has 1 heteroatoms. The zero-order valence-corrected chi connectivity index (χ0v) is 9.72. The molecule has 0 aromatic heterocycles. The molecule has 0 fully saturated rings. The lowest BCUT2D eigenvalue weighted by Crippen LogP contribution is -1.98. The molecular formula is C12H23N. The molecule has 1 unspecified atom stereocenters. The molecule has 0 aromatic rings. The fourth-order valence-corrected chi connectivity index (χ4v) is 1.07. The van der Waals surface area contributed by atoms with Gasteiger partial charge in [-0.1, -0.05) is 33.8 Å². The molecule has 0 aliphatic rings. The van der Waals surface area contributed by atoms with E-state index in [0.29, 0.717) is 5.92 Å². The third kappa shape index (κ3) is 4.87. The maximum Gasteiger partial charge on any atom is 0.0391 e. The van der Waals surface area contributed by atoms with E-state index >= 15 is 0 Å². The van der Waals surface area contributed by atoms with E-state index in [1.54, 1.807) is 0 Å². The maximum absolute atomic E-state index is 4.63. The molecule has 0 rings (SSSR count). The van der Waals surface area contributed by atoms with Crippen LogP contribution < -0.4 is 0 Å². The van der Waals surface area contributed by atoms with Crippen LogP contribution in [0.3, 0.4) is 0 Å². The van der Waals surface area contributed by atoms with E-state index in [-0.39, 0.29) is 0 Å². The first-order valence-electron chi connectivity index (χ1n) is 5.39. The largest absolute Gasteiger partial charge is 0.263 e. The highest BCUT2D eigenvalue weighted by atomic mass is 14.8. The van der Waals surface area contributed by atoms with E-state index in [4.69, 9.17) is 0 Å². The van der Waals surface area contributed by atoms with Gasteiger partial charge in [0, 0.05) is 11.4 Å². The van der Waals surface area contributed by atoms with Gasteiger partial charge in [0.2, 0.25) is 0 Å². The summed E-state index contributed by atoms with van der Waals surface area (Å²) in [5, 5.41) is 0. The zero-order chi connectivity index (χ0) is 10.3. The van der Waals surface area contributed by atoms with Crippen LogP contribution in [0.25, 0.3) is 0 Å². The predicted octanol–water partition coefficient (Wildman–Crippen LogP) is 4.20. The first kappa shape index (κ1) is 12.4. The Morgan fingerprint density at radius 1 is 1.31 bits per heavy atom. The van der Waals surface area contributed by atoms with Gasteiger partial charge in [0.15, 0.2) is 0 Å². The number of hydrogen-bond acceptors (Lipinski definition) is 1. The van der Waals surface area contributed by atoms with Gasteiger partial charge in [-0.05, 0) is 32.1 Å². The minimum absolute atomic E-state index is 0.599. The Bertz CT molecular complexity index is 189. The molecule has 0 N–H and O–H groups in total. The highest BCUT2D eigenvalue weighted by molar-refractivity contribution is 5.82. The van der Waals surface area contributed by atoms with Crippen molar-refractivity contribution >= 4 is 5.71 Å². The van der Waals surface area contributed by atoms with E-state index < -0.39 is 0 Å². The molecular weight excluding hydrogens is 158 g/mol. The molecule has 0 saturated heterocycles. The predicted molar refractivity (Wildman–Crippen MR) is 61.2 cm³/mol. The van der Waals surface area contributed by atoms with E-state index in [1.807, 2.05) is 0 Å². The lowest BCUT2D eigenvalue weighted by atomic mass is 10.0. The first-order chi connectivity index (χ1) is 6.15. The van der Waals surface area contributed by atoms with Crippen molar-refractivity contribution < 1.29 is 0 Å². The lowest BCUT2D eigenvalue weighted by molar-refractivity contribution is 0.644. The van der Waals surface area contributed by atoms with Crippen LogP contribution in [0.5, 0.6) is 0 Å². The summed E-state index contributed by atoms with van der Waals surface area (Å²) in [5.74, 6) is 0.599. The van der Waals surface area contributed by atoms with Crippen LogP contribution in [0.1, 0.15) is 53.9 Å². The van der Waals surface area contributed by atoms with Gasteiger partial charge in [0.1, 0.15) is 0 Å². The number of nitrogens with zero attached hydrogens (tertiary/aromatic N) is 1. The molecule has 1 atom stereocenters. The fourth-order valence-electron chi connectivity index (χ4n) is 1.07. The molecule has 0 radical (unpaired) electrons. The molecule has 0 amide bonds. The monoisotopic (exact) mass is 181 g/mol. The normalized spacial score (nSPS) is 16.1. The van der Waals surface area contributed by atoms with Crippen LogP contribution in [0.4, 0.5) is 0 Å². The second-order valence-corrected chi connectivity index (χ2v) is 3.55. The molecule has 0 bridgehead atoms. The van der Waals surface area contributed by atoms with E-state index in [1.165, 1.54) is 17.8 Å². The van der Waals surface area contributed by atoms with Gasteiger partial charge in [-0.2, -0.15) is 0 Å². The molecule has 0 saturated carbocycles. The average molecular weight is 181 g/mol. The molecule has 0 aliphatic heterocycles. The topological polar surface area (TPSA) is 12.4 Å². The number of hydrogen-bond donors (Lipinski definition) is 0. The maximum atomic E-state index is 4.63. The number of allylic oxidation sites excluding steroid dienone is 2. The Morgan fingerprint density at radius 2 is 1.92 bits per heavy atom. The molecule has 0 aliphatic carbocycles. The van der Waals surface area contributed by atoms with Crippen molar-refractivity contribution in [3.05, 3.63) is 11.8 Å². The smallest absolute Gasteiger partial charge is 0.0391 e. The van der Waals surface area contributed by atoms with Gasteiger partial charge in [-0.25, -0.2) is 0 Å². The van der Waals surface area contributed by atoms with Crippen molar-refractivity contribution in [3.8, 4) is 0 Å². The van der Waals surface area contributed by atoms with Crippen molar-refractivity contribution in [3.63, 3.8) is 0 Å². The van der Waals surface area contributed by atoms with Gasteiger partial charge in [0.25, 0.3) is 0 Å². The van der Waals surface area contributed by atoms with Gasteiger partial charge < -0.3 is 0 Å². The molecule has 0 spiro atoms. The summed E-state index contributed by atoms with van der Waals surface area (Å²) in [4.78, 5) is 4.63.